The molecule has 0 bridgehead atoms. The van der Waals surface area contributed by atoms with Gasteiger partial charge >= 0.3 is 0 Å². The van der Waals surface area contributed by atoms with E-state index in [1.807, 2.05) is 0 Å². The molecule has 1 heterocycles. The Balaban J connectivity index is 1.82. The van der Waals surface area contributed by atoms with E-state index in [-0.39, 0.29) is 5.54 Å². The number of fused-ring (bicyclic) bond motifs is 1. The van der Waals surface area contributed by atoms with Crippen LogP contribution >= 0.6 is 0 Å². The molecule has 98 valence electrons. The van der Waals surface area contributed by atoms with Crippen LogP contribution in [-0.2, 0) is 6.54 Å². The first-order valence-corrected chi connectivity index (χ1v) is 7.22. The maximum absolute atomic E-state index is 3.67. The molecular weight excluding hydrogens is 220 g/mol. The zero-order chi connectivity index (χ0) is 12.6. The Kier molecular flexibility index (Phi) is 3.06. The molecule has 0 spiro atoms. The molecule has 1 fully saturated rings. The lowest BCUT2D eigenvalue weighted by atomic mass is 10.1. The highest BCUT2D eigenvalue weighted by Crippen LogP contribution is 2.34. The standard InChI is InChI=1S/C16H24N2/c1-16(2)12-18(10-9-13-7-8-13)15-6-4-3-5-14(15)11-17-16/h3-6,13,17H,7-12H2,1-2H3. The molecule has 0 saturated heterocycles. The number of rotatable bonds is 3. The largest absolute Gasteiger partial charge is 0.369 e. The second-order valence-corrected chi connectivity index (χ2v) is 6.52. The van der Waals surface area contributed by atoms with Crippen molar-refractivity contribution < 1.29 is 0 Å². The van der Waals surface area contributed by atoms with E-state index in [1.165, 1.54) is 37.1 Å². The maximum Gasteiger partial charge on any atom is 0.0412 e. The van der Waals surface area contributed by atoms with Gasteiger partial charge in [0.15, 0.2) is 0 Å². The summed E-state index contributed by atoms with van der Waals surface area (Å²) in [5.41, 5.74) is 3.08. The van der Waals surface area contributed by atoms with E-state index in [0.717, 1.165) is 19.0 Å². The van der Waals surface area contributed by atoms with Crippen molar-refractivity contribution in [3.8, 4) is 0 Å². The van der Waals surface area contributed by atoms with E-state index in [0.29, 0.717) is 0 Å². The first-order valence-electron chi connectivity index (χ1n) is 7.22. The maximum atomic E-state index is 3.67. The number of benzene rings is 1. The molecule has 2 heteroatoms. The predicted octanol–water partition coefficient (Wildman–Crippen LogP) is 3.17. The van der Waals surface area contributed by atoms with Crippen molar-refractivity contribution in [1.29, 1.82) is 0 Å². The van der Waals surface area contributed by atoms with Gasteiger partial charge in [-0.15, -0.1) is 0 Å². The second kappa shape index (κ2) is 4.58. The summed E-state index contributed by atoms with van der Waals surface area (Å²) < 4.78 is 0. The third-order valence-electron chi connectivity index (χ3n) is 4.18. The molecule has 1 aromatic rings. The summed E-state index contributed by atoms with van der Waals surface area (Å²) in [4.78, 5) is 2.59. The Labute approximate surface area is 110 Å². The third kappa shape index (κ3) is 2.69. The summed E-state index contributed by atoms with van der Waals surface area (Å²) in [6, 6.07) is 8.86. The van der Waals surface area contributed by atoms with Crippen molar-refractivity contribution >= 4 is 5.69 Å². The van der Waals surface area contributed by atoms with Gasteiger partial charge in [0.2, 0.25) is 0 Å². The van der Waals surface area contributed by atoms with Crippen LogP contribution in [0.4, 0.5) is 5.69 Å². The molecule has 18 heavy (non-hydrogen) atoms. The lowest BCUT2D eigenvalue weighted by molar-refractivity contribution is 0.394. The first-order chi connectivity index (χ1) is 8.64. The Bertz CT molecular complexity index is 421. The summed E-state index contributed by atoms with van der Waals surface area (Å²) in [5.74, 6) is 1.01. The number of para-hydroxylation sites is 1. The molecule has 3 rings (SSSR count). The molecule has 0 aromatic heterocycles. The Hall–Kier alpha value is -1.02. The predicted molar refractivity (Wildman–Crippen MR) is 76.9 cm³/mol. The number of anilines is 1. The van der Waals surface area contributed by atoms with Gasteiger partial charge in [-0.25, -0.2) is 0 Å². The van der Waals surface area contributed by atoms with Crippen molar-refractivity contribution in [3.63, 3.8) is 0 Å². The van der Waals surface area contributed by atoms with Gasteiger partial charge in [-0.3, -0.25) is 0 Å². The number of nitrogens with zero attached hydrogens (tertiary/aromatic N) is 1. The van der Waals surface area contributed by atoms with Crippen molar-refractivity contribution in [3.05, 3.63) is 29.8 Å². The number of hydrogen-bond acceptors (Lipinski definition) is 2. The van der Waals surface area contributed by atoms with Gasteiger partial charge in [0.25, 0.3) is 0 Å². The fourth-order valence-electron chi connectivity index (χ4n) is 2.87. The molecule has 1 saturated carbocycles. The minimum absolute atomic E-state index is 0.197. The van der Waals surface area contributed by atoms with E-state index in [1.54, 1.807) is 0 Å². The van der Waals surface area contributed by atoms with Gasteiger partial charge in [0.05, 0.1) is 0 Å². The average Bonchev–Trinajstić information content (AvgIpc) is 3.16. The monoisotopic (exact) mass is 244 g/mol. The third-order valence-corrected chi connectivity index (χ3v) is 4.18. The van der Waals surface area contributed by atoms with E-state index < -0.39 is 0 Å². The van der Waals surface area contributed by atoms with Crippen LogP contribution in [0.2, 0.25) is 0 Å². The van der Waals surface area contributed by atoms with Crippen LogP contribution in [0, 0.1) is 5.92 Å². The Morgan fingerprint density at radius 3 is 2.83 bits per heavy atom. The summed E-state index contributed by atoms with van der Waals surface area (Å²) in [6.45, 7) is 7.93. The van der Waals surface area contributed by atoms with Crippen LogP contribution < -0.4 is 10.2 Å². The molecule has 0 atom stereocenters. The lowest BCUT2D eigenvalue weighted by Crippen LogP contribution is -2.47. The SMILES string of the molecule is CC1(C)CN(CCC2CC2)c2ccccc2CN1. The van der Waals surface area contributed by atoms with Gasteiger partial charge in [-0.2, -0.15) is 0 Å². The van der Waals surface area contributed by atoms with Crippen molar-refractivity contribution in [2.45, 2.75) is 45.2 Å². The average molecular weight is 244 g/mol. The molecule has 2 nitrogen and oxygen atoms in total. The fourth-order valence-corrected chi connectivity index (χ4v) is 2.87. The van der Waals surface area contributed by atoms with Gasteiger partial charge in [0.1, 0.15) is 0 Å². The van der Waals surface area contributed by atoms with E-state index in [2.05, 4.69) is 48.3 Å². The molecule has 2 aliphatic rings. The fraction of sp³-hybridized carbons (Fsp3) is 0.625. The Morgan fingerprint density at radius 1 is 1.28 bits per heavy atom. The topological polar surface area (TPSA) is 15.3 Å². The van der Waals surface area contributed by atoms with E-state index in [4.69, 9.17) is 0 Å². The quantitative estimate of drug-likeness (QED) is 0.878. The zero-order valence-electron chi connectivity index (χ0n) is 11.6. The van der Waals surface area contributed by atoms with Gasteiger partial charge in [-0.05, 0) is 37.8 Å². The van der Waals surface area contributed by atoms with Crippen LogP contribution in [0.25, 0.3) is 0 Å². The van der Waals surface area contributed by atoms with Gasteiger partial charge in [0, 0.05) is 30.9 Å². The molecule has 0 amide bonds. The second-order valence-electron chi connectivity index (χ2n) is 6.52. The van der Waals surface area contributed by atoms with Gasteiger partial charge in [-0.1, -0.05) is 31.0 Å². The molecule has 0 unspecified atom stereocenters. The van der Waals surface area contributed by atoms with Crippen molar-refractivity contribution in [2.24, 2.45) is 5.92 Å². The molecule has 0 radical (unpaired) electrons. The van der Waals surface area contributed by atoms with E-state index >= 15 is 0 Å². The molecular formula is C16H24N2. The lowest BCUT2D eigenvalue weighted by Gasteiger charge is -2.32. The summed E-state index contributed by atoms with van der Waals surface area (Å²) in [7, 11) is 0. The highest BCUT2D eigenvalue weighted by Gasteiger charge is 2.28. The minimum atomic E-state index is 0.197. The van der Waals surface area contributed by atoms with Crippen LogP contribution in [0.5, 0.6) is 0 Å². The van der Waals surface area contributed by atoms with Crippen LogP contribution in [-0.4, -0.2) is 18.6 Å². The first kappa shape index (κ1) is 12.0. The molecule has 1 aliphatic heterocycles. The van der Waals surface area contributed by atoms with Crippen molar-refractivity contribution in [2.75, 3.05) is 18.0 Å². The Morgan fingerprint density at radius 2 is 2.06 bits per heavy atom. The van der Waals surface area contributed by atoms with Crippen LogP contribution in [0.15, 0.2) is 24.3 Å². The van der Waals surface area contributed by atoms with Gasteiger partial charge < -0.3 is 10.2 Å². The normalized spacial score (nSPS) is 22.4. The summed E-state index contributed by atoms with van der Waals surface area (Å²) in [6.07, 6.45) is 4.28. The number of hydrogen-bond donors (Lipinski definition) is 1. The van der Waals surface area contributed by atoms with Crippen LogP contribution in [0.3, 0.4) is 0 Å². The summed E-state index contributed by atoms with van der Waals surface area (Å²) >= 11 is 0. The van der Waals surface area contributed by atoms with E-state index in [9.17, 15) is 0 Å². The molecule has 1 N–H and O–H groups in total. The molecule has 1 aliphatic carbocycles. The summed E-state index contributed by atoms with van der Waals surface area (Å²) in [5, 5.41) is 3.67. The van der Waals surface area contributed by atoms with Crippen molar-refractivity contribution in [1.82, 2.24) is 5.32 Å². The number of nitrogens with one attached hydrogen (secondary N) is 1. The van der Waals surface area contributed by atoms with Crippen LogP contribution in [0.1, 0.15) is 38.7 Å². The highest BCUT2D eigenvalue weighted by molar-refractivity contribution is 5.55. The molecule has 1 aromatic carbocycles. The smallest absolute Gasteiger partial charge is 0.0412 e. The highest BCUT2D eigenvalue weighted by atomic mass is 15.2. The minimum Gasteiger partial charge on any atom is -0.369 e. The zero-order valence-corrected chi connectivity index (χ0v) is 11.6.